The summed E-state index contributed by atoms with van der Waals surface area (Å²) in [7, 11) is -3.80. The molecule has 0 saturated carbocycles. The van der Waals surface area contributed by atoms with Crippen molar-refractivity contribution in [1.82, 2.24) is 4.72 Å². The monoisotopic (exact) mass is 362 g/mol. The number of carbonyl (C=O) groups is 1. The van der Waals surface area contributed by atoms with Crippen molar-refractivity contribution >= 4 is 21.6 Å². The predicted molar refractivity (Wildman–Crippen MR) is 93.4 cm³/mol. The van der Waals surface area contributed by atoms with Gasteiger partial charge < -0.3 is 4.90 Å². The number of hydrogen-bond donors (Lipinski definition) is 1. The average molecular weight is 362 g/mol. The van der Waals surface area contributed by atoms with Gasteiger partial charge in [0.15, 0.2) is 0 Å². The maximum atomic E-state index is 13.0. The van der Waals surface area contributed by atoms with Gasteiger partial charge >= 0.3 is 0 Å². The van der Waals surface area contributed by atoms with Crippen LogP contribution in [0.4, 0.5) is 10.1 Å². The Balaban J connectivity index is 1.80. The predicted octanol–water partition coefficient (Wildman–Crippen LogP) is 2.53. The number of halogens is 1. The van der Waals surface area contributed by atoms with Gasteiger partial charge in [-0.1, -0.05) is 12.1 Å². The molecule has 3 rings (SSSR count). The maximum Gasteiger partial charge on any atom is 0.245 e. The number of aryl methyl sites for hydroxylation is 2. The molecule has 25 heavy (non-hydrogen) atoms. The lowest BCUT2D eigenvalue weighted by Crippen LogP contribution is -2.41. The van der Waals surface area contributed by atoms with Gasteiger partial charge in [0.05, 0.1) is 4.90 Å². The molecule has 1 fully saturated rings. The molecule has 1 heterocycles. The van der Waals surface area contributed by atoms with Crippen molar-refractivity contribution < 1.29 is 17.6 Å². The fourth-order valence-electron chi connectivity index (χ4n) is 2.91. The van der Waals surface area contributed by atoms with E-state index in [2.05, 4.69) is 4.72 Å². The second-order valence-corrected chi connectivity index (χ2v) is 7.88. The molecule has 1 aliphatic rings. The maximum absolute atomic E-state index is 13.0. The number of benzene rings is 2. The van der Waals surface area contributed by atoms with E-state index in [1.165, 1.54) is 29.2 Å². The minimum Gasteiger partial charge on any atom is -0.311 e. The molecule has 1 aliphatic heterocycles. The van der Waals surface area contributed by atoms with Crippen LogP contribution < -0.4 is 9.62 Å². The lowest BCUT2D eigenvalue weighted by Gasteiger charge is -2.18. The summed E-state index contributed by atoms with van der Waals surface area (Å²) in [4.78, 5) is 14.2. The SMILES string of the molecule is Cc1ccc(C)c(S(=O)(=O)N[C@H]2CCN(c3ccc(F)cc3)C2=O)c1. The van der Waals surface area contributed by atoms with E-state index < -0.39 is 16.1 Å². The van der Waals surface area contributed by atoms with Crippen LogP contribution in [-0.4, -0.2) is 26.9 Å². The Kier molecular flexibility index (Phi) is 4.62. The Bertz CT molecular complexity index is 910. The van der Waals surface area contributed by atoms with Crippen LogP contribution in [0, 0.1) is 19.7 Å². The number of anilines is 1. The van der Waals surface area contributed by atoms with Gasteiger partial charge in [-0.05, 0) is 61.7 Å². The van der Waals surface area contributed by atoms with Crippen LogP contribution in [0.5, 0.6) is 0 Å². The highest BCUT2D eigenvalue weighted by Crippen LogP contribution is 2.24. The van der Waals surface area contributed by atoms with Crippen LogP contribution in [0.25, 0.3) is 0 Å². The Labute approximate surface area is 146 Å². The molecule has 132 valence electrons. The molecule has 0 radical (unpaired) electrons. The fourth-order valence-corrected chi connectivity index (χ4v) is 4.47. The van der Waals surface area contributed by atoms with Gasteiger partial charge in [0.1, 0.15) is 11.9 Å². The Morgan fingerprint density at radius 3 is 2.48 bits per heavy atom. The zero-order chi connectivity index (χ0) is 18.2. The van der Waals surface area contributed by atoms with Crippen LogP contribution in [0.15, 0.2) is 47.4 Å². The Hall–Kier alpha value is -2.25. The summed E-state index contributed by atoms with van der Waals surface area (Å²) in [5.74, 6) is -0.719. The third-order valence-corrected chi connectivity index (χ3v) is 5.89. The van der Waals surface area contributed by atoms with Gasteiger partial charge in [-0.2, -0.15) is 4.72 Å². The Morgan fingerprint density at radius 2 is 1.80 bits per heavy atom. The van der Waals surface area contributed by atoms with Crippen molar-refractivity contribution in [2.24, 2.45) is 0 Å². The molecule has 2 aromatic rings. The highest BCUT2D eigenvalue weighted by molar-refractivity contribution is 7.89. The van der Waals surface area contributed by atoms with Crippen molar-refractivity contribution in [2.45, 2.75) is 31.2 Å². The van der Waals surface area contributed by atoms with Crippen molar-refractivity contribution in [2.75, 3.05) is 11.4 Å². The van der Waals surface area contributed by atoms with Gasteiger partial charge in [-0.25, -0.2) is 12.8 Å². The van der Waals surface area contributed by atoms with Crippen LogP contribution in [0.2, 0.25) is 0 Å². The van der Waals surface area contributed by atoms with Crippen LogP contribution >= 0.6 is 0 Å². The second-order valence-electron chi connectivity index (χ2n) is 6.20. The topological polar surface area (TPSA) is 66.5 Å². The lowest BCUT2D eigenvalue weighted by atomic mass is 10.2. The highest BCUT2D eigenvalue weighted by atomic mass is 32.2. The first kappa shape index (κ1) is 17.6. The van der Waals surface area contributed by atoms with Crippen LogP contribution in [-0.2, 0) is 14.8 Å². The van der Waals surface area contributed by atoms with Gasteiger partial charge in [-0.15, -0.1) is 0 Å². The first-order valence-electron chi connectivity index (χ1n) is 7.94. The van der Waals surface area contributed by atoms with E-state index >= 15 is 0 Å². The number of nitrogens with zero attached hydrogens (tertiary/aromatic N) is 1. The number of amides is 1. The molecule has 2 aromatic carbocycles. The molecule has 0 aromatic heterocycles. The minimum atomic E-state index is -3.80. The van der Waals surface area contributed by atoms with E-state index in [0.29, 0.717) is 24.2 Å². The molecular formula is C18H19FN2O3S. The van der Waals surface area contributed by atoms with Crippen LogP contribution in [0.3, 0.4) is 0 Å². The van der Waals surface area contributed by atoms with Crippen molar-refractivity contribution in [3.05, 3.63) is 59.4 Å². The van der Waals surface area contributed by atoms with Crippen LogP contribution in [0.1, 0.15) is 17.5 Å². The summed E-state index contributed by atoms with van der Waals surface area (Å²) in [6, 6.07) is 9.91. The fraction of sp³-hybridized carbons (Fsp3) is 0.278. The third kappa shape index (κ3) is 3.57. The van der Waals surface area contributed by atoms with Gasteiger partial charge in [0.2, 0.25) is 15.9 Å². The van der Waals surface area contributed by atoms with E-state index in [0.717, 1.165) is 5.56 Å². The molecule has 0 unspecified atom stereocenters. The molecular weight excluding hydrogens is 343 g/mol. The van der Waals surface area contributed by atoms with E-state index in [4.69, 9.17) is 0 Å². The molecule has 7 heteroatoms. The largest absolute Gasteiger partial charge is 0.311 e. The summed E-state index contributed by atoms with van der Waals surface area (Å²) in [6.07, 6.45) is 0.361. The van der Waals surface area contributed by atoms with Gasteiger partial charge in [0, 0.05) is 12.2 Å². The molecule has 0 aliphatic carbocycles. The second kappa shape index (κ2) is 6.57. The van der Waals surface area contributed by atoms with E-state index in [1.807, 2.05) is 13.0 Å². The Morgan fingerprint density at radius 1 is 1.12 bits per heavy atom. The standard InChI is InChI=1S/C18H19FN2O3S/c1-12-3-4-13(2)17(11-12)25(23,24)20-16-9-10-21(18(16)22)15-7-5-14(19)6-8-15/h3-8,11,16,20H,9-10H2,1-2H3/t16-/m0/s1. The smallest absolute Gasteiger partial charge is 0.245 e. The van der Waals surface area contributed by atoms with E-state index in [-0.39, 0.29) is 16.6 Å². The van der Waals surface area contributed by atoms with Crippen molar-refractivity contribution in [3.63, 3.8) is 0 Å². The van der Waals surface area contributed by atoms with Gasteiger partial charge in [0.25, 0.3) is 0 Å². The van der Waals surface area contributed by atoms with Crippen molar-refractivity contribution in [3.8, 4) is 0 Å². The average Bonchev–Trinajstić information content (AvgIpc) is 2.91. The number of sulfonamides is 1. The summed E-state index contributed by atoms with van der Waals surface area (Å²) >= 11 is 0. The van der Waals surface area contributed by atoms with E-state index in [1.54, 1.807) is 19.1 Å². The first-order valence-corrected chi connectivity index (χ1v) is 9.43. The van der Waals surface area contributed by atoms with Crippen molar-refractivity contribution in [1.29, 1.82) is 0 Å². The zero-order valence-electron chi connectivity index (χ0n) is 14.0. The molecule has 1 atom stereocenters. The summed E-state index contributed by atoms with van der Waals surface area (Å²) < 4.78 is 40.9. The summed E-state index contributed by atoms with van der Waals surface area (Å²) in [6.45, 7) is 3.91. The molecule has 1 amide bonds. The van der Waals surface area contributed by atoms with Gasteiger partial charge in [-0.3, -0.25) is 4.79 Å². The number of rotatable bonds is 4. The molecule has 0 bridgehead atoms. The number of nitrogens with one attached hydrogen (secondary N) is 1. The normalized spacial score (nSPS) is 18.0. The molecule has 1 saturated heterocycles. The zero-order valence-corrected chi connectivity index (χ0v) is 14.8. The number of hydrogen-bond acceptors (Lipinski definition) is 3. The lowest BCUT2D eigenvalue weighted by molar-refractivity contribution is -0.118. The first-order chi connectivity index (χ1) is 11.8. The third-order valence-electron chi connectivity index (χ3n) is 4.27. The summed E-state index contributed by atoms with van der Waals surface area (Å²) in [5, 5.41) is 0. The molecule has 1 N–H and O–H groups in total. The molecule has 0 spiro atoms. The quantitative estimate of drug-likeness (QED) is 0.909. The number of carbonyl (C=O) groups excluding carboxylic acids is 1. The van der Waals surface area contributed by atoms with E-state index in [9.17, 15) is 17.6 Å². The minimum absolute atomic E-state index is 0.181. The molecule has 5 nitrogen and oxygen atoms in total. The summed E-state index contributed by atoms with van der Waals surface area (Å²) in [5.41, 5.74) is 2.01. The highest BCUT2D eigenvalue weighted by Gasteiger charge is 2.36.